The molecule has 1 saturated heterocycles. The second-order valence-electron chi connectivity index (χ2n) is 5.27. The topological polar surface area (TPSA) is 62.0 Å². The van der Waals surface area contributed by atoms with Crippen LogP contribution in [0.1, 0.15) is 28.7 Å². The predicted octanol–water partition coefficient (Wildman–Crippen LogP) is 3.21. The molecule has 2 aromatic heterocycles. The van der Waals surface area contributed by atoms with Crippen LogP contribution in [0.5, 0.6) is 0 Å². The molecule has 1 atom stereocenters. The van der Waals surface area contributed by atoms with Crippen molar-refractivity contribution in [3.8, 4) is 6.07 Å². The number of hydrogen-bond acceptors (Lipinski definition) is 5. The Morgan fingerprint density at radius 1 is 1.38 bits per heavy atom. The molecule has 0 N–H and O–H groups in total. The lowest BCUT2D eigenvalue weighted by Gasteiger charge is -2.25. The number of aromatic nitrogens is 2. The van der Waals surface area contributed by atoms with E-state index in [0.29, 0.717) is 18.8 Å². The van der Waals surface area contributed by atoms with Gasteiger partial charge in [-0.3, -0.25) is 4.98 Å². The second kappa shape index (κ2) is 6.09. The van der Waals surface area contributed by atoms with Gasteiger partial charge in [-0.25, -0.2) is 4.98 Å². The molecule has 0 bridgehead atoms. The Morgan fingerprint density at radius 3 is 2.79 bits per heavy atom. The predicted molar refractivity (Wildman–Crippen MR) is 79.0 cm³/mol. The van der Waals surface area contributed by atoms with E-state index in [0.717, 1.165) is 6.07 Å². The van der Waals surface area contributed by atoms with Crippen molar-refractivity contribution in [1.82, 2.24) is 9.97 Å². The fourth-order valence-corrected chi connectivity index (χ4v) is 2.64. The number of nitrogens with zero attached hydrogens (tertiary/aromatic N) is 4. The molecular formula is C16H13F3N4O. The Hall–Kier alpha value is -2.66. The third-order valence-corrected chi connectivity index (χ3v) is 3.73. The zero-order chi connectivity index (χ0) is 17.3. The van der Waals surface area contributed by atoms with E-state index in [4.69, 9.17) is 10.00 Å². The maximum atomic E-state index is 13.3. The molecule has 3 heterocycles. The Bertz CT molecular complexity index is 786. The van der Waals surface area contributed by atoms with E-state index in [-0.39, 0.29) is 11.5 Å². The summed E-state index contributed by atoms with van der Waals surface area (Å²) < 4.78 is 45.4. The zero-order valence-corrected chi connectivity index (χ0v) is 12.7. The van der Waals surface area contributed by atoms with Crippen molar-refractivity contribution < 1.29 is 17.9 Å². The first-order chi connectivity index (χ1) is 11.4. The molecule has 0 radical (unpaired) electrons. The highest BCUT2D eigenvalue weighted by Crippen LogP contribution is 2.37. The van der Waals surface area contributed by atoms with Gasteiger partial charge in [0.2, 0.25) is 0 Å². The minimum atomic E-state index is -4.63. The Labute approximate surface area is 136 Å². The number of ether oxygens (including phenoxy) is 1. The van der Waals surface area contributed by atoms with Crippen LogP contribution in [-0.2, 0) is 10.9 Å². The molecule has 24 heavy (non-hydrogen) atoms. The number of pyridine rings is 2. The van der Waals surface area contributed by atoms with Gasteiger partial charge in [0.05, 0.1) is 29.1 Å². The fourth-order valence-electron chi connectivity index (χ4n) is 2.64. The normalized spacial score (nSPS) is 17.8. The van der Waals surface area contributed by atoms with Crippen LogP contribution in [0.2, 0.25) is 0 Å². The zero-order valence-electron chi connectivity index (χ0n) is 12.7. The van der Waals surface area contributed by atoms with E-state index in [1.165, 1.54) is 6.92 Å². The number of rotatable bonds is 2. The van der Waals surface area contributed by atoms with Gasteiger partial charge in [0.25, 0.3) is 0 Å². The van der Waals surface area contributed by atoms with Gasteiger partial charge < -0.3 is 9.64 Å². The van der Waals surface area contributed by atoms with Gasteiger partial charge in [0.1, 0.15) is 11.9 Å². The third-order valence-electron chi connectivity index (χ3n) is 3.73. The molecule has 1 aliphatic heterocycles. The summed E-state index contributed by atoms with van der Waals surface area (Å²) in [7, 11) is 0. The first kappa shape index (κ1) is 16.2. The van der Waals surface area contributed by atoms with Crippen LogP contribution in [-0.4, -0.2) is 23.1 Å². The fraction of sp³-hybridized carbons (Fsp3) is 0.312. The molecule has 1 fully saturated rings. The molecule has 0 spiro atoms. The number of nitriles is 1. The SMILES string of the molecule is Cc1nc(N2CCOC2c2ccccn2)cc(C(F)(F)F)c1C#N. The van der Waals surface area contributed by atoms with E-state index in [1.54, 1.807) is 35.4 Å². The van der Waals surface area contributed by atoms with Crippen molar-refractivity contribution in [2.45, 2.75) is 19.3 Å². The molecule has 0 saturated carbocycles. The largest absolute Gasteiger partial charge is 0.417 e. The van der Waals surface area contributed by atoms with E-state index in [9.17, 15) is 13.2 Å². The third kappa shape index (κ3) is 2.90. The lowest BCUT2D eigenvalue weighted by atomic mass is 10.1. The van der Waals surface area contributed by atoms with Crippen LogP contribution in [0, 0.1) is 18.3 Å². The number of anilines is 1. The van der Waals surface area contributed by atoms with Crippen molar-refractivity contribution in [3.05, 3.63) is 53.0 Å². The lowest BCUT2D eigenvalue weighted by molar-refractivity contribution is -0.137. The highest BCUT2D eigenvalue weighted by atomic mass is 19.4. The van der Waals surface area contributed by atoms with Gasteiger partial charge in [-0.05, 0) is 25.1 Å². The highest BCUT2D eigenvalue weighted by Gasteiger charge is 2.37. The summed E-state index contributed by atoms with van der Waals surface area (Å²) in [5.74, 6) is 0.118. The molecule has 8 heteroatoms. The summed E-state index contributed by atoms with van der Waals surface area (Å²) in [6.45, 7) is 2.13. The maximum absolute atomic E-state index is 13.3. The smallest absolute Gasteiger partial charge is 0.350 e. The molecule has 0 aromatic carbocycles. The number of alkyl halides is 3. The molecule has 0 amide bonds. The Morgan fingerprint density at radius 2 is 2.17 bits per heavy atom. The van der Waals surface area contributed by atoms with Crippen LogP contribution < -0.4 is 4.90 Å². The first-order valence-electron chi connectivity index (χ1n) is 7.20. The van der Waals surface area contributed by atoms with E-state index >= 15 is 0 Å². The quantitative estimate of drug-likeness (QED) is 0.844. The standard InChI is InChI=1S/C16H13F3N4O/c1-10-11(9-20)12(16(17,18)19)8-14(22-10)23-6-7-24-15(23)13-4-2-3-5-21-13/h2-5,8,15H,6-7H2,1H3. The van der Waals surface area contributed by atoms with Crippen molar-refractivity contribution in [2.75, 3.05) is 18.1 Å². The van der Waals surface area contributed by atoms with Crippen molar-refractivity contribution >= 4 is 5.82 Å². The second-order valence-corrected chi connectivity index (χ2v) is 5.27. The molecule has 3 rings (SSSR count). The minimum Gasteiger partial charge on any atom is -0.350 e. The average molecular weight is 334 g/mol. The van der Waals surface area contributed by atoms with E-state index in [2.05, 4.69) is 9.97 Å². The Kier molecular flexibility index (Phi) is 4.11. The van der Waals surface area contributed by atoms with Crippen LogP contribution in [0.4, 0.5) is 19.0 Å². The summed E-state index contributed by atoms with van der Waals surface area (Å²) >= 11 is 0. The number of aryl methyl sites for hydroxylation is 1. The summed E-state index contributed by atoms with van der Waals surface area (Å²) in [5, 5.41) is 9.01. The van der Waals surface area contributed by atoms with Gasteiger partial charge in [-0.2, -0.15) is 18.4 Å². The summed E-state index contributed by atoms with van der Waals surface area (Å²) in [5.41, 5.74) is -0.818. The Balaban J connectivity index is 2.06. The minimum absolute atomic E-state index is 0.0361. The average Bonchev–Trinajstić information content (AvgIpc) is 3.03. The van der Waals surface area contributed by atoms with Crippen molar-refractivity contribution in [2.24, 2.45) is 0 Å². The maximum Gasteiger partial charge on any atom is 0.417 e. The van der Waals surface area contributed by atoms with Crippen LogP contribution in [0.15, 0.2) is 30.5 Å². The van der Waals surface area contributed by atoms with Crippen molar-refractivity contribution in [1.29, 1.82) is 5.26 Å². The first-order valence-corrected chi connectivity index (χ1v) is 7.20. The molecule has 1 aliphatic rings. The van der Waals surface area contributed by atoms with Gasteiger partial charge in [0, 0.05) is 12.7 Å². The molecule has 0 aliphatic carbocycles. The van der Waals surface area contributed by atoms with Gasteiger partial charge in [-0.1, -0.05) is 6.07 Å². The lowest BCUT2D eigenvalue weighted by Crippen LogP contribution is -2.26. The molecule has 5 nitrogen and oxygen atoms in total. The number of hydrogen-bond donors (Lipinski definition) is 0. The summed E-state index contributed by atoms with van der Waals surface area (Å²) in [4.78, 5) is 9.98. The monoisotopic (exact) mass is 334 g/mol. The van der Waals surface area contributed by atoms with Gasteiger partial charge >= 0.3 is 6.18 Å². The van der Waals surface area contributed by atoms with E-state index < -0.39 is 23.5 Å². The number of halogens is 3. The molecular weight excluding hydrogens is 321 g/mol. The highest BCUT2D eigenvalue weighted by molar-refractivity contribution is 5.53. The van der Waals surface area contributed by atoms with Crippen LogP contribution in [0.3, 0.4) is 0 Å². The van der Waals surface area contributed by atoms with Gasteiger partial charge in [-0.15, -0.1) is 0 Å². The van der Waals surface area contributed by atoms with Crippen LogP contribution >= 0.6 is 0 Å². The molecule has 1 unspecified atom stereocenters. The summed E-state index contributed by atoms with van der Waals surface area (Å²) in [6, 6.07) is 7.75. The molecule has 2 aromatic rings. The van der Waals surface area contributed by atoms with Crippen LogP contribution in [0.25, 0.3) is 0 Å². The van der Waals surface area contributed by atoms with Crippen molar-refractivity contribution in [3.63, 3.8) is 0 Å². The summed E-state index contributed by atoms with van der Waals surface area (Å²) in [6.07, 6.45) is -3.64. The van der Waals surface area contributed by atoms with Gasteiger partial charge in [0.15, 0.2) is 6.23 Å². The van der Waals surface area contributed by atoms with E-state index in [1.807, 2.05) is 0 Å². The molecule has 124 valence electrons.